The van der Waals surface area contributed by atoms with Crippen molar-refractivity contribution in [3.05, 3.63) is 35.9 Å². The smallest absolute Gasteiger partial charge is 0.311 e. The Bertz CT molecular complexity index is 1040. The summed E-state index contributed by atoms with van der Waals surface area (Å²) in [5.41, 5.74) is 0.974. The van der Waals surface area contributed by atoms with Crippen molar-refractivity contribution in [2.45, 2.75) is 163 Å². The van der Waals surface area contributed by atoms with Crippen molar-refractivity contribution in [2.24, 2.45) is 11.3 Å². The van der Waals surface area contributed by atoms with Crippen molar-refractivity contribution in [3.63, 3.8) is 0 Å². The fourth-order valence-corrected chi connectivity index (χ4v) is 12.5. The maximum absolute atomic E-state index is 14.1. The van der Waals surface area contributed by atoms with Crippen molar-refractivity contribution in [3.8, 4) is 0 Å². The third-order valence-electron chi connectivity index (χ3n) is 9.71. The van der Waals surface area contributed by atoms with Crippen LogP contribution < -0.4 is 0 Å². The van der Waals surface area contributed by atoms with E-state index in [1.807, 2.05) is 30.3 Å². The van der Waals surface area contributed by atoms with Crippen molar-refractivity contribution in [1.29, 1.82) is 0 Å². The van der Waals surface area contributed by atoms with Gasteiger partial charge in [0.15, 0.2) is 14.1 Å². The number of carbonyl (C=O) groups is 2. The van der Waals surface area contributed by atoms with E-state index in [4.69, 9.17) is 18.3 Å². The van der Waals surface area contributed by atoms with Gasteiger partial charge in [0.1, 0.15) is 12.7 Å². The lowest BCUT2D eigenvalue weighted by Gasteiger charge is -2.44. The van der Waals surface area contributed by atoms with E-state index in [1.54, 1.807) is 20.8 Å². The summed E-state index contributed by atoms with van der Waals surface area (Å²) in [6.07, 6.45) is -2.25. The fraction of sp³-hybridized carbons (Fsp3) is 0.784. The molecule has 0 radical (unpaired) electrons. The number of carbonyl (C=O) groups excluding carboxylic acids is 2. The average Bonchev–Trinajstić information content (AvgIpc) is 2.92. The summed E-state index contributed by atoms with van der Waals surface area (Å²) < 4.78 is 25.4. The predicted molar refractivity (Wildman–Crippen MR) is 194 cm³/mol. The molecule has 0 unspecified atom stereocenters. The Hall–Kier alpha value is -1.37. The first-order valence-corrected chi connectivity index (χ1v) is 22.4. The van der Waals surface area contributed by atoms with Crippen molar-refractivity contribution < 1.29 is 33.0 Å². The molecule has 0 saturated heterocycles. The molecule has 1 rings (SSSR count). The van der Waals surface area contributed by atoms with Crippen LogP contribution in [0.4, 0.5) is 0 Å². The van der Waals surface area contributed by atoms with Gasteiger partial charge in [-0.3, -0.25) is 9.59 Å². The minimum absolute atomic E-state index is 0.0911. The van der Waals surface area contributed by atoms with E-state index in [0.717, 1.165) is 5.56 Å². The molecule has 0 aliphatic rings. The normalized spacial score (nSPS) is 16.1. The molecule has 0 bridgehead atoms. The summed E-state index contributed by atoms with van der Waals surface area (Å²) >= 11 is 0. The molecule has 0 aromatic heterocycles. The maximum atomic E-state index is 14.1. The number of ether oxygens (including phenoxy) is 2. The van der Waals surface area contributed by atoms with Gasteiger partial charge in [0.05, 0.1) is 24.2 Å². The lowest BCUT2D eigenvalue weighted by atomic mass is 9.96. The van der Waals surface area contributed by atoms with Crippen molar-refractivity contribution in [1.82, 2.24) is 0 Å². The van der Waals surface area contributed by atoms with Crippen molar-refractivity contribution >= 4 is 28.4 Å². The zero-order valence-electron chi connectivity index (χ0n) is 31.9. The van der Waals surface area contributed by atoms with E-state index < -0.39 is 40.4 Å². The topological polar surface area (TPSA) is 91.3 Å². The highest BCUT2D eigenvalue weighted by molar-refractivity contribution is 6.77. The van der Waals surface area contributed by atoms with Crippen LogP contribution in [0.15, 0.2) is 30.3 Å². The Morgan fingerprint density at radius 1 is 0.826 bits per heavy atom. The Kier molecular flexibility index (Phi) is 16.6. The van der Waals surface area contributed by atoms with Gasteiger partial charge < -0.3 is 23.4 Å². The molecule has 1 aromatic rings. The standard InChI is InChI=1S/C37H68O7Si2/c1-26(2)46(27(3)4,28(5)6)44-34(25-42-35(40)36(8,9)10)32(39)22-31(38)33(41-24-30-19-17-16-18-20-30)21-29(7)23-43-45(14,15)37(11,12)13/h16-20,26-29,31,33-34,38H,21-25H2,1-15H3/t29-,31-,33-,34+/m1/s1. The number of aliphatic hydroxyl groups excluding tert-OH is 1. The number of aliphatic hydroxyl groups is 1. The average molecular weight is 681 g/mol. The van der Waals surface area contributed by atoms with E-state index in [2.05, 4.69) is 82.3 Å². The number of benzene rings is 1. The third kappa shape index (κ3) is 12.6. The van der Waals surface area contributed by atoms with Gasteiger partial charge in [-0.15, -0.1) is 0 Å². The first-order chi connectivity index (χ1) is 21.0. The molecule has 7 nitrogen and oxygen atoms in total. The molecule has 9 heteroatoms. The zero-order chi connectivity index (χ0) is 35.7. The SMILES string of the molecule is CC(C)[Si](O[C@@H](COC(=O)C(C)(C)C)C(=O)C[C@@H](O)[C@@H](C[C@@H](C)CO[Si](C)(C)C(C)(C)C)OCc1ccccc1)(C(C)C)C(C)C. The number of hydrogen-bond acceptors (Lipinski definition) is 7. The number of ketones is 1. The molecule has 1 aromatic carbocycles. The number of Topliss-reactive ketones (excluding diaryl/α,β-unsaturated/α-hetero) is 1. The van der Waals surface area contributed by atoms with Crippen LogP contribution in [0.5, 0.6) is 0 Å². The Morgan fingerprint density at radius 2 is 1.35 bits per heavy atom. The summed E-state index contributed by atoms with van der Waals surface area (Å²) in [6.45, 7) is 32.2. The second kappa shape index (κ2) is 17.9. The number of rotatable bonds is 19. The van der Waals surface area contributed by atoms with Gasteiger partial charge in [0, 0.05) is 13.0 Å². The van der Waals surface area contributed by atoms with E-state index in [0.29, 0.717) is 19.6 Å². The molecule has 0 saturated carbocycles. The lowest BCUT2D eigenvalue weighted by molar-refractivity contribution is -0.157. The van der Waals surface area contributed by atoms with Crippen LogP contribution in [0.2, 0.25) is 34.8 Å². The molecule has 1 N–H and O–H groups in total. The summed E-state index contributed by atoms with van der Waals surface area (Å²) in [7, 11) is -4.47. The molecule has 0 fully saturated rings. The summed E-state index contributed by atoms with van der Waals surface area (Å²) in [6, 6.07) is 9.84. The van der Waals surface area contributed by atoms with Crippen LogP contribution >= 0.6 is 0 Å². The maximum Gasteiger partial charge on any atom is 0.311 e. The van der Waals surface area contributed by atoms with Crippen LogP contribution in [-0.2, 0) is 34.5 Å². The third-order valence-corrected chi connectivity index (χ3v) is 20.3. The van der Waals surface area contributed by atoms with Gasteiger partial charge in [-0.25, -0.2) is 0 Å². The van der Waals surface area contributed by atoms with Crippen LogP contribution in [0.3, 0.4) is 0 Å². The molecule has 0 spiro atoms. The molecule has 0 aliphatic heterocycles. The van der Waals surface area contributed by atoms with E-state index >= 15 is 0 Å². The van der Waals surface area contributed by atoms with E-state index in [9.17, 15) is 14.7 Å². The highest BCUT2D eigenvalue weighted by Crippen LogP contribution is 2.43. The molecule has 0 heterocycles. The first-order valence-electron chi connectivity index (χ1n) is 17.3. The summed E-state index contributed by atoms with van der Waals surface area (Å²) in [5.74, 6) is -0.561. The second-order valence-electron chi connectivity index (χ2n) is 16.8. The number of esters is 1. The van der Waals surface area contributed by atoms with Gasteiger partial charge in [0.2, 0.25) is 8.32 Å². The minimum Gasteiger partial charge on any atom is -0.462 e. The second-order valence-corrected chi connectivity index (χ2v) is 27.0. The van der Waals surface area contributed by atoms with Gasteiger partial charge in [-0.1, -0.05) is 99.6 Å². The zero-order valence-corrected chi connectivity index (χ0v) is 33.9. The molecule has 0 aliphatic carbocycles. The Balaban J connectivity index is 3.30. The van der Waals surface area contributed by atoms with Crippen LogP contribution in [-0.4, -0.2) is 65.0 Å². The number of hydrogen-bond donors (Lipinski definition) is 1. The molecule has 0 amide bonds. The fourth-order valence-electron chi connectivity index (χ4n) is 5.83. The molecular formula is C37H68O7Si2. The summed E-state index contributed by atoms with van der Waals surface area (Å²) in [5, 5.41) is 11.7. The van der Waals surface area contributed by atoms with Crippen LogP contribution in [0.1, 0.15) is 108 Å². The highest BCUT2D eigenvalue weighted by atomic mass is 28.4. The molecular weight excluding hydrogens is 613 g/mol. The largest absolute Gasteiger partial charge is 0.462 e. The molecule has 4 atom stereocenters. The Labute approximate surface area is 283 Å². The highest BCUT2D eigenvalue weighted by Gasteiger charge is 2.48. The van der Waals surface area contributed by atoms with E-state index in [1.165, 1.54) is 0 Å². The first kappa shape index (κ1) is 42.7. The van der Waals surface area contributed by atoms with Crippen LogP contribution in [0, 0.1) is 11.3 Å². The van der Waals surface area contributed by atoms with E-state index in [-0.39, 0.29) is 52.4 Å². The molecule has 46 heavy (non-hydrogen) atoms. The lowest BCUT2D eigenvalue weighted by Crippen LogP contribution is -2.53. The minimum atomic E-state index is -2.52. The van der Waals surface area contributed by atoms with Gasteiger partial charge in [-0.05, 0) is 73.4 Å². The van der Waals surface area contributed by atoms with Crippen molar-refractivity contribution in [2.75, 3.05) is 13.2 Å². The van der Waals surface area contributed by atoms with Gasteiger partial charge >= 0.3 is 5.97 Å². The predicted octanol–water partition coefficient (Wildman–Crippen LogP) is 9.09. The monoisotopic (exact) mass is 680 g/mol. The molecule has 266 valence electrons. The Morgan fingerprint density at radius 3 is 1.80 bits per heavy atom. The van der Waals surface area contributed by atoms with Gasteiger partial charge in [-0.2, -0.15) is 0 Å². The van der Waals surface area contributed by atoms with Crippen LogP contribution in [0.25, 0.3) is 0 Å². The van der Waals surface area contributed by atoms with Gasteiger partial charge in [0.25, 0.3) is 0 Å². The summed E-state index contributed by atoms with van der Waals surface area (Å²) in [4.78, 5) is 26.8. The quantitative estimate of drug-likeness (QED) is 0.115.